The van der Waals surface area contributed by atoms with Crippen molar-refractivity contribution in [3.8, 4) is 0 Å². The van der Waals surface area contributed by atoms with Crippen molar-refractivity contribution in [2.45, 2.75) is 26.1 Å². The third kappa shape index (κ3) is 4.33. The van der Waals surface area contributed by atoms with Crippen LogP contribution in [0.2, 0.25) is 0 Å². The summed E-state index contributed by atoms with van der Waals surface area (Å²) in [7, 11) is 0. The van der Waals surface area contributed by atoms with E-state index in [0.717, 1.165) is 11.6 Å². The Balaban J connectivity index is 1.75. The number of anilines is 1. The SMILES string of the molecule is CCc1c(C(=O)NNc2ccccc2C(F)(F)F)cnn1Cc1ccccc1. The van der Waals surface area contributed by atoms with Crippen molar-refractivity contribution >= 4 is 11.6 Å². The lowest BCUT2D eigenvalue weighted by molar-refractivity contribution is -0.137. The highest BCUT2D eigenvalue weighted by molar-refractivity contribution is 5.95. The maximum absolute atomic E-state index is 13.1. The summed E-state index contributed by atoms with van der Waals surface area (Å²) in [5.41, 5.74) is 5.68. The first-order chi connectivity index (χ1) is 13.4. The monoisotopic (exact) mass is 388 g/mol. The first-order valence-electron chi connectivity index (χ1n) is 8.71. The minimum absolute atomic E-state index is 0.224. The van der Waals surface area contributed by atoms with Crippen molar-refractivity contribution in [1.82, 2.24) is 15.2 Å². The molecule has 5 nitrogen and oxygen atoms in total. The van der Waals surface area contributed by atoms with E-state index in [-0.39, 0.29) is 5.69 Å². The summed E-state index contributed by atoms with van der Waals surface area (Å²) in [4.78, 5) is 12.5. The van der Waals surface area contributed by atoms with Gasteiger partial charge in [0.2, 0.25) is 0 Å². The lowest BCUT2D eigenvalue weighted by Crippen LogP contribution is -2.31. The molecule has 1 heterocycles. The number of para-hydroxylation sites is 1. The van der Waals surface area contributed by atoms with Crippen molar-refractivity contribution in [3.63, 3.8) is 0 Å². The Morgan fingerprint density at radius 3 is 2.43 bits per heavy atom. The van der Waals surface area contributed by atoms with Gasteiger partial charge >= 0.3 is 6.18 Å². The molecule has 2 N–H and O–H groups in total. The van der Waals surface area contributed by atoms with E-state index in [0.29, 0.717) is 24.2 Å². The van der Waals surface area contributed by atoms with Crippen LogP contribution in [0.4, 0.5) is 18.9 Å². The van der Waals surface area contributed by atoms with Crippen LogP contribution in [0.25, 0.3) is 0 Å². The van der Waals surface area contributed by atoms with Gasteiger partial charge in [-0.15, -0.1) is 0 Å². The third-order valence-electron chi connectivity index (χ3n) is 4.25. The number of nitrogens with zero attached hydrogens (tertiary/aromatic N) is 2. The van der Waals surface area contributed by atoms with Crippen LogP contribution in [0.1, 0.15) is 34.1 Å². The number of amides is 1. The highest BCUT2D eigenvalue weighted by Crippen LogP contribution is 2.34. The topological polar surface area (TPSA) is 59.0 Å². The maximum atomic E-state index is 13.1. The van der Waals surface area contributed by atoms with Gasteiger partial charge in [-0.05, 0) is 24.1 Å². The number of alkyl halides is 3. The third-order valence-corrected chi connectivity index (χ3v) is 4.25. The van der Waals surface area contributed by atoms with Crippen LogP contribution in [-0.4, -0.2) is 15.7 Å². The van der Waals surface area contributed by atoms with Gasteiger partial charge in [0.1, 0.15) is 0 Å². The van der Waals surface area contributed by atoms with Gasteiger partial charge < -0.3 is 0 Å². The van der Waals surface area contributed by atoms with Crippen LogP contribution < -0.4 is 10.9 Å². The summed E-state index contributed by atoms with van der Waals surface area (Å²) in [6.07, 6.45) is -2.55. The number of hydrogen-bond donors (Lipinski definition) is 2. The van der Waals surface area contributed by atoms with Gasteiger partial charge in [0.15, 0.2) is 0 Å². The molecule has 0 saturated carbocycles. The van der Waals surface area contributed by atoms with E-state index in [1.54, 1.807) is 4.68 Å². The second-order valence-corrected chi connectivity index (χ2v) is 6.12. The van der Waals surface area contributed by atoms with Crippen LogP contribution >= 0.6 is 0 Å². The highest BCUT2D eigenvalue weighted by Gasteiger charge is 2.33. The first-order valence-corrected chi connectivity index (χ1v) is 8.71. The maximum Gasteiger partial charge on any atom is 0.418 e. The van der Waals surface area contributed by atoms with Gasteiger partial charge in [0, 0.05) is 0 Å². The van der Waals surface area contributed by atoms with Crippen LogP contribution in [-0.2, 0) is 19.1 Å². The number of hydrazine groups is 1. The Morgan fingerprint density at radius 2 is 1.75 bits per heavy atom. The van der Waals surface area contributed by atoms with Crippen LogP contribution in [0.3, 0.4) is 0 Å². The van der Waals surface area contributed by atoms with E-state index in [1.165, 1.54) is 24.4 Å². The molecule has 0 bridgehead atoms. The largest absolute Gasteiger partial charge is 0.418 e. The molecule has 0 radical (unpaired) electrons. The number of nitrogens with one attached hydrogen (secondary N) is 2. The number of hydrogen-bond acceptors (Lipinski definition) is 3. The fourth-order valence-electron chi connectivity index (χ4n) is 2.90. The van der Waals surface area contributed by atoms with Gasteiger partial charge in [-0.1, -0.05) is 49.4 Å². The average molecular weight is 388 g/mol. The molecule has 0 atom stereocenters. The molecule has 28 heavy (non-hydrogen) atoms. The Morgan fingerprint density at radius 1 is 1.07 bits per heavy atom. The van der Waals surface area contributed by atoms with Gasteiger partial charge in [-0.25, -0.2) is 0 Å². The molecule has 0 aliphatic heterocycles. The van der Waals surface area contributed by atoms with E-state index in [9.17, 15) is 18.0 Å². The number of carbonyl (C=O) groups is 1. The van der Waals surface area contributed by atoms with Crippen LogP contribution in [0, 0.1) is 0 Å². The van der Waals surface area contributed by atoms with Gasteiger partial charge in [0.25, 0.3) is 5.91 Å². The fourth-order valence-corrected chi connectivity index (χ4v) is 2.90. The summed E-state index contributed by atoms with van der Waals surface area (Å²) in [5, 5.41) is 4.26. The molecule has 0 fully saturated rings. The summed E-state index contributed by atoms with van der Waals surface area (Å²) < 4.78 is 40.9. The highest BCUT2D eigenvalue weighted by atomic mass is 19.4. The van der Waals surface area contributed by atoms with Gasteiger partial charge in [-0.3, -0.25) is 20.3 Å². The van der Waals surface area contributed by atoms with E-state index in [1.807, 2.05) is 37.3 Å². The molecule has 3 rings (SSSR count). The summed E-state index contributed by atoms with van der Waals surface area (Å²) in [6.45, 7) is 2.39. The van der Waals surface area contributed by atoms with E-state index >= 15 is 0 Å². The summed E-state index contributed by atoms with van der Waals surface area (Å²) in [5.74, 6) is -0.548. The van der Waals surface area contributed by atoms with Gasteiger partial charge in [-0.2, -0.15) is 18.3 Å². The number of halogens is 3. The Bertz CT molecular complexity index is 952. The zero-order chi connectivity index (χ0) is 20.1. The first kappa shape index (κ1) is 19.5. The molecule has 0 spiro atoms. The minimum Gasteiger partial charge on any atom is -0.298 e. The Labute approximate surface area is 160 Å². The van der Waals surface area contributed by atoms with Gasteiger partial charge in [0.05, 0.1) is 35.2 Å². The molecule has 0 aliphatic rings. The van der Waals surface area contributed by atoms with Crippen molar-refractivity contribution in [3.05, 3.63) is 83.2 Å². The molecule has 3 aromatic rings. The molecule has 1 amide bonds. The molecule has 146 valence electrons. The van der Waals surface area contributed by atoms with Crippen molar-refractivity contribution in [2.75, 3.05) is 5.43 Å². The Kier molecular flexibility index (Phi) is 5.67. The van der Waals surface area contributed by atoms with Crippen molar-refractivity contribution < 1.29 is 18.0 Å². The van der Waals surface area contributed by atoms with E-state index < -0.39 is 17.6 Å². The zero-order valence-electron chi connectivity index (χ0n) is 15.1. The molecule has 2 aromatic carbocycles. The van der Waals surface area contributed by atoms with E-state index in [2.05, 4.69) is 16.0 Å². The fraction of sp³-hybridized carbons (Fsp3) is 0.200. The Hall–Kier alpha value is -3.29. The molecule has 0 aliphatic carbocycles. The average Bonchev–Trinajstić information content (AvgIpc) is 3.09. The molecule has 8 heteroatoms. The molecule has 0 unspecified atom stereocenters. The molecule has 1 aromatic heterocycles. The smallest absolute Gasteiger partial charge is 0.298 e. The quantitative estimate of drug-likeness (QED) is 0.620. The van der Waals surface area contributed by atoms with Crippen LogP contribution in [0.15, 0.2) is 60.8 Å². The molecular formula is C20H19F3N4O. The van der Waals surface area contributed by atoms with Crippen molar-refractivity contribution in [2.24, 2.45) is 0 Å². The minimum atomic E-state index is -4.52. The predicted octanol–water partition coefficient (Wildman–Crippen LogP) is 4.27. The molecular weight excluding hydrogens is 369 g/mol. The number of carbonyl (C=O) groups excluding carboxylic acids is 1. The van der Waals surface area contributed by atoms with Crippen LogP contribution in [0.5, 0.6) is 0 Å². The van der Waals surface area contributed by atoms with Crippen molar-refractivity contribution in [1.29, 1.82) is 0 Å². The normalized spacial score (nSPS) is 11.3. The zero-order valence-corrected chi connectivity index (χ0v) is 15.1. The lowest BCUT2D eigenvalue weighted by Gasteiger charge is -2.15. The second kappa shape index (κ2) is 8.16. The molecule has 0 saturated heterocycles. The second-order valence-electron chi connectivity index (χ2n) is 6.12. The van der Waals surface area contributed by atoms with E-state index in [4.69, 9.17) is 0 Å². The number of benzene rings is 2. The summed E-state index contributed by atoms with van der Waals surface area (Å²) in [6, 6.07) is 14.6. The number of aromatic nitrogens is 2. The number of rotatable bonds is 6. The lowest BCUT2D eigenvalue weighted by atomic mass is 10.1. The standard InChI is InChI=1S/C20H19F3N4O/c1-2-18-15(12-24-27(18)13-14-8-4-3-5-9-14)19(28)26-25-17-11-7-6-10-16(17)20(21,22)23/h3-12,25H,2,13H2,1H3,(H,26,28). The summed E-state index contributed by atoms with van der Waals surface area (Å²) >= 11 is 0. The predicted molar refractivity (Wildman–Crippen MR) is 99.7 cm³/mol.